The van der Waals surface area contributed by atoms with Crippen LogP contribution in [-0.2, 0) is 26.2 Å². The van der Waals surface area contributed by atoms with Gasteiger partial charge in [-0.2, -0.15) is 0 Å². The Labute approximate surface area is 237 Å². The molecule has 0 saturated heterocycles. The number of amides is 2. The Bertz CT molecular complexity index is 1290. The monoisotopic (exact) mass is 571 g/mol. The number of hydrogen-bond acceptors (Lipinski definition) is 6. The van der Waals surface area contributed by atoms with E-state index in [0.29, 0.717) is 49.8 Å². The van der Waals surface area contributed by atoms with Gasteiger partial charge in [-0.25, -0.2) is 8.42 Å². The molecule has 1 fully saturated rings. The van der Waals surface area contributed by atoms with Crippen molar-refractivity contribution in [1.29, 1.82) is 0 Å². The molecule has 1 N–H and O–H groups in total. The number of fused-ring (bicyclic) bond motifs is 1. The van der Waals surface area contributed by atoms with Crippen LogP contribution in [0, 0.1) is 6.92 Å². The molecule has 0 radical (unpaired) electrons. The van der Waals surface area contributed by atoms with E-state index in [1.54, 1.807) is 23.1 Å². The number of carbonyl (C=O) groups excluding carboxylic acids is 2. The molecule has 40 heavy (non-hydrogen) atoms. The van der Waals surface area contributed by atoms with Gasteiger partial charge in [0, 0.05) is 31.6 Å². The summed E-state index contributed by atoms with van der Waals surface area (Å²) in [6.45, 7) is 5.20. The molecule has 1 aliphatic carbocycles. The molecular weight excluding hydrogens is 530 g/mol. The largest absolute Gasteiger partial charge is 0.486 e. The molecular formula is C30H41N3O6S. The van der Waals surface area contributed by atoms with Gasteiger partial charge in [0.15, 0.2) is 11.5 Å². The molecule has 218 valence electrons. The first kappa shape index (κ1) is 29.7. The predicted molar refractivity (Wildman–Crippen MR) is 155 cm³/mol. The zero-order valence-corrected chi connectivity index (χ0v) is 24.5. The molecule has 0 spiro atoms. The minimum Gasteiger partial charge on any atom is -0.486 e. The number of anilines is 1. The van der Waals surface area contributed by atoms with Crippen molar-refractivity contribution in [3.05, 3.63) is 53.6 Å². The maximum absolute atomic E-state index is 13.7. The predicted octanol–water partition coefficient (Wildman–Crippen LogP) is 4.18. The second-order valence-electron chi connectivity index (χ2n) is 10.6. The van der Waals surface area contributed by atoms with Gasteiger partial charge < -0.3 is 19.7 Å². The van der Waals surface area contributed by atoms with Crippen molar-refractivity contribution >= 4 is 27.5 Å². The number of nitrogens with zero attached hydrogens (tertiary/aromatic N) is 2. The highest BCUT2D eigenvalue weighted by Gasteiger charge is 2.31. The van der Waals surface area contributed by atoms with Crippen LogP contribution in [-0.4, -0.2) is 63.2 Å². The number of carbonyl (C=O) groups is 2. The summed E-state index contributed by atoms with van der Waals surface area (Å²) in [5.41, 5.74) is 2.49. The van der Waals surface area contributed by atoms with Gasteiger partial charge in [0.05, 0.1) is 11.9 Å². The first-order valence-electron chi connectivity index (χ1n) is 14.2. The van der Waals surface area contributed by atoms with E-state index in [1.165, 1.54) is 4.31 Å². The minimum atomic E-state index is -3.62. The standard InChI is InChI=1S/C30H41N3O6S/c1-4-26(30(35)31-24-12-7-8-13-24)32(21-23-11-6-5-10-22(23)2)29(34)14-9-17-33(40(3,36)37)25-15-16-27-28(20-25)39-19-18-38-27/h5-6,10-11,15-16,20,24,26H,4,7-9,12-14,17-19,21H2,1-3H3,(H,31,35). The summed E-state index contributed by atoms with van der Waals surface area (Å²) in [7, 11) is -3.62. The van der Waals surface area contributed by atoms with E-state index in [1.807, 2.05) is 38.1 Å². The Morgan fingerprint density at radius 2 is 1.75 bits per heavy atom. The third-order valence-corrected chi connectivity index (χ3v) is 8.85. The van der Waals surface area contributed by atoms with Crippen molar-refractivity contribution < 1.29 is 27.5 Å². The minimum absolute atomic E-state index is 0.107. The Kier molecular flexibility index (Phi) is 9.95. The van der Waals surface area contributed by atoms with Crippen LogP contribution in [0.1, 0.15) is 63.0 Å². The molecule has 4 rings (SSSR count). The molecule has 1 atom stereocenters. The Morgan fingerprint density at radius 3 is 2.42 bits per heavy atom. The number of aryl methyl sites for hydroxylation is 1. The topological polar surface area (TPSA) is 105 Å². The number of rotatable bonds is 12. The third kappa shape index (κ3) is 7.47. The van der Waals surface area contributed by atoms with Gasteiger partial charge in [0.25, 0.3) is 0 Å². The lowest BCUT2D eigenvalue weighted by atomic mass is 10.0. The zero-order chi connectivity index (χ0) is 28.7. The van der Waals surface area contributed by atoms with Gasteiger partial charge in [-0.1, -0.05) is 44.0 Å². The maximum atomic E-state index is 13.7. The van der Waals surface area contributed by atoms with E-state index in [9.17, 15) is 18.0 Å². The van der Waals surface area contributed by atoms with Crippen molar-refractivity contribution in [2.24, 2.45) is 0 Å². The van der Waals surface area contributed by atoms with Crippen LogP contribution in [0.2, 0.25) is 0 Å². The lowest BCUT2D eigenvalue weighted by Gasteiger charge is -2.32. The van der Waals surface area contributed by atoms with E-state index >= 15 is 0 Å². The summed E-state index contributed by atoms with van der Waals surface area (Å²) in [5.74, 6) is 0.779. The number of ether oxygens (including phenoxy) is 2. The van der Waals surface area contributed by atoms with Crippen molar-refractivity contribution in [3.63, 3.8) is 0 Å². The van der Waals surface area contributed by atoms with Crippen LogP contribution in [0.25, 0.3) is 0 Å². The molecule has 2 aromatic rings. The molecule has 1 unspecified atom stereocenters. The average Bonchev–Trinajstić information content (AvgIpc) is 3.44. The van der Waals surface area contributed by atoms with Crippen molar-refractivity contribution in [3.8, 4) is 11.5 Å². The third-order valence-electron chi connectivity index (χ3n) is 7.66. The highest BCUT2D eigenvalue weighted by atomic mass is 32.2. The summed E-state index contributed by atoms with van der Waals surface area (Å²) in [6, 6.07) is 12.5. The first-order chi connectivity index (χ1) is 19.2. The second kappa shape index (κ2) is 13.4. The Morgan fingerprint density at radius 1 is 1.05 bits per heavy atom. The van der Waals surface area contributed by atoms with Crippen molar-refractivity contribution in [2.45, 2.75) is 77.4 Å². The molecule has 2 aromatic carbocycles. The normalized spacial score (nSPS) is 15.9. The summed E-state index contributed by atoms with van der Waals surface area (Å²) in [6.07, 6.45) is 6.19. The van der Waals surface area contributed by atoms with Crippen LogP contribution in [0.5, 0.6) is 11.5 Å². The molecule has 2 aliphatic rings. The number of nitrogens with one attached hydrogen (secondary N) is 1. The van der Waals surface area contributed by atoms with Crippen LogP contribution in [0.3, 0.4) is 0 Å². The molecule has 1 saturated carbocycles. The van der Waals surface area contributed by atoms with E-state index in [2.05, 4.69) is 5.32 Å². The van der Waals surface area contributed by atoms with E-state index in [-0.39, 0.29) is 30.8 Å². The highest BCUT2D eigenvalue weighted by Crippen LogP contribution is 2.35. The van der Waals surface area contributed by atoms with E-state index in [0.717, 1.165) is 43.1 Å². The van der Waals surface area contributed by atoms with Crippen LogP contribution in [0.15, 0.2) is 42.5 Å². The van der Waals surface area contributed by atoms with Gasteiger partial charge in [-0.15, -0.1) is 0 Å². The van der Waals surface area contributed by atoms with Crippen LogP contribution in [0.4, 0.5) is 5.69 Å². The number of hydrogen-bond donors (Lipinski definition) is 1. The molecule has 10 heteroatoms. The van der Waals surface area contributed by atoms with Crippen molar-refractivity contribution in [2.75, 3.05) is 30.3 Å². The van der Waals surface area contributed by atoms with Gasteiger partial charge in [0.1, 0.15) is 19.3 Å². The fourth-order valence-corrected chi connectivity index (χ4v) is 6.41. The first-order valence-corrected chi connectivity index (χ1v) is 16.0. The van der Waals surface area contributed by atoms with Gasteiger partial charge in [-0.05, 0) is 55.9 Å². The van der Waals surface area contributed by atoms with Gasteiger partial charge >= 0.3 is 0 Å². The molecule has 0 bridgehead atoms. The molecule has 0 aromatic heterocycles. The second-order valence-corrected chi connectivity index (χ2v) is 12.5. The number of benzene rings is 2. The number of sulfonamides is 1. The molecule has 9 nitrogen and oxygen atoms in total. The van der Waals surface area contributed by atoms with Crippen LogP contribution < -0.4 is 19.1 Å². The molecule has 1 aliphatic heterocycles. The lowest BCUT2D eigenvalue weighted by molar-refractivity contribution is -0.141. The molecule has 1 heterocycles. The van der Waals surface area contributed by atoms with E-state index < -0.39 is 16.1 Å². The van der Waals surface area contributed by atoms with Crippen molar-refractivity contribution in [1.82, 2.24) is 10.2 Å². The van der Waals surface area contributed by atoms with Gasteiger partial charge in [-0.3, -0.25) is 13.9 Å². The van der Waals surface area contributed by atoms with Gasteiger partial charge in [0.2, 0.25) is 21.8 Å². The zero-order valence-electron chi connectivity index (χ0n) is 23.7. The van der Waals surface area contributed by atoms with Crippen LogP contribution >= 0.6 is 0 Å². The maximum Gasteiger partial charge on any atom is 0.243 e. The Hall–Kier alpha value is -3.27. The summed E-state index contributed by atoms with van der Waals surface area (Å²) < 4.78 is 37.9. The fourth-order valence-electron chi connectivity index (χ4n) is 5.45. The molecule has 2 amide bonds. The SMILES string of the molecule is CCC(C(=O)NC1CCCC1)N(Cc1ccccc1C)C(=O)CCCN(c1ccc2c(c1)OCCO2)S(C)(=O)=O. The summed E-state index contributed by atoms with van der Waals surface area (Å²) >= 11 is 0. The van der Waals surface area contributed by atoms with E-state index in [4.69, 9.17) is 9.47 Å². The summed E-state index contributed by atoms with van der Waals surface area (Å²) in [4.78, 5) is 28.7. The average molecular weight is 572 g/mol. The Balaban J connectivity index is 1.49. The fraction of sp³-hybridized carbons (Fsp3) is 0.533. The highest BCUT2D eigenvalue weighted by molar-refractivity contribution is 7.92. The lowest BCUT2D eigenvalue weighted by Crippen LogP contribution is -2.51. The smallest absolute Gasteiger partial charge is 0.243 e. The summed E-state index contributed by atoms with van der Waals surface area (Å²) in [5, 5.41) is 3.16. The quantitative estimate of drug-likeness (QED) is 0.410.